The summed E-state index contributed by atoms with van der Waals surface area (Å²) < 4.78 is 0. The predicted octanol–water partition coefficient (Wildman–Crippen LogP) is 1.04. The Bertz CT molecular complexity index is 562. The summed E-state index contributed by atoms with van der Waals surface area (Å²) in [4.78, 5) is 22.5. The molecule has 0 spiro atoms. The number of carboxylic acids is 1. The first-order valence-corrected chi connectivity index (χ1v) is 6.43. The van der Waals surface area contributed by atoms with E-state index in [1.165, 1.54) is 0 Å². The third-order valence-electron chi connectivity index (χ3n) is 3.50. The van der Waals surface area contributed by atoms with Gasteiger partial charge in [-0.3, -0.25) is 9.59 Å². The summed E-state index contributed by atoms with van der Waals surface area (Å²) >= 11 is 0. The summed E-state index contributed by atoms with van der Waals surface area (Å²) in [5.41, 5.74) is 1.47. The first-order valence-electron chi connectivity index (χ1n) is 6.43. The molecular weight excluding hydrogens is 256 g/mol. The normalized spacial score (nSPS) is 21.8. The van der Waals surface area contributed by atoms with Crippen LogP contribution in [0.15, 0.2) is 24.3 Å². The number of piperidine rings is 1. The van der Waals surface area contributed by atoms with Crippen LogP contribution < -0.4 is 10.6 Å². The molecule has 1 aliphatic rings. The molecular formula is C15H16N2O3. The van der Waals surface area contributed by atoms with Crippen molar-refractivity contribution in [3.05, 3.63) is 29.8 Å². The minimum Gasteiger partial charge on any atom is -0.481 e. The number of anilines is 1. The molecule has 0 aliphatic carbocycles. The number of amides is 1. The second kappa shape index (κ2) is 6.22. The van der Waals surface area contributed by atoms with E-state index in [9.17, 15) is 14.7 Å². The maximum absolute atomic E-state index is 11.3. The van der Waals surface area contributed by atoms with Gasteiger partial charge >= 0.3 is 5.97 Å². The molecule has 1 aromatic rings. The Morgan fingerprint density at radius 2 is 2.25 bits per heavy atom. The number of rotatable bonds is 3. The Morgan fingerprint density at radius 1 is 1.45 bits per heavy atom. The van der Waals surface area contributed by atoms with E-state index in [1.54, 1.807) is 18.2 Å². The van der Waals surface area contributed by atoms with Crippen LogP contribution in [0.2, 0.25) is 0 Å². The minimum absolute atomic E-state index is 0.107. The number of terminal acetylenes is 1. The zero-order valence-electron chi connectivity index (χ0n) is 10.9. The fourth-order valence-corrected chi connectivity index (χ4v) is 2.52. The molecule has 1 fully saturated rings. The molecule has 5 nitrogen and oxygen atoms in total. The average molecular weight is 272 g/mol. The summed E-state index contributed by atoms with van der Waals surface area (Å²) in [7, 11) is 0. The largest absolute Gasteiger partial charge is 0.481 e. The zero-order valence-corrected chi connectivity index (χ0v) is 10.9. The summed E-state index contributed by atoms with van der Waals surface area (Å²) in [6.07, 6.45) is 5.61. The Hall–Kier alpha value is -2.32. The molecule has 1 amide bonds. The molecule has 1 aromatic carbocycles. The van der Waals surface area contributed by atoms with Gasteiger partial charge in [0.15, 0.2) is 0 Å². The maximum Gasteiger partial charge on any atom is 0.307 e. The van der Waals surface area contributed by atoms with Crippen molar-refractivity contribution in [1.82, 2.24) is 5.32 Å². The lowest BCUT2D eigenvalue weighted by molar-refractivity contribution is -0.143. The Kier molecular flexibility index (Phi) is 4.38. The van der Waals surface area contributed by atoms with E-state index in [-0.39, 0.29) is 5.92 Å². The first-order chi connectivity index (χ1) is 9.61. The van der Waals surface area contributed by atoms with Gasteiger partial charge in [0.2, 0.25) is 0 Å². The summed E-state index contributed by atoms with van der Waals surface area (Å²) in [5, 5.41) is 15.1. The number of hydrogen-bond acceptors (Lipinski definition) is 3. The van der Waals surface area contributed by atoms with Gasteiger partial charge in [-0.1, -0.05) is 12.1 Å². The molecule has 0 aromatic heterocycles. The molecule has 5 heteroatoms. The van der Waals surface area contributed by atoms with Crippen LogP contribution in [-0.2, 0) is 9.59 Å². The molecule has 0 saturated carbocycles. The predicted molar refractivity (Wildman–Crippen MR) is 75.3 cm³/mol. The molecule has 2 unspecified atom stereocenters. The van der Waals surface area contributed by atoms with Crippen molar-refractivity contribution in [2.45, 2.75) is 12.3 Å². The number of carboxylic acid groups (broad SMARTS) is 1. The van der Waals surface area contributed by atoms with E-state index in [0.717, 1.165) is 5.56 Å². The number of nitrogens with one attached hydrogen (secondary N) is 2. The standard InChI is InChI=1S/C15H16N2O3/c1-2-14(18)17-11-5-3-4-10(8-11)13-9-16-7-6-12(13)15(19)20/h1,3-5,8,12-13,16H,6-7,9H2,(H,17,18)(H,19,20). The Morgan fingerprint density at radius 3 is 2.95 bits per heavy atom. The van der Waals surface area contributed by atoms with Crippen molar-refractivity contribution < 1.29 is 14.7 Å². The van der Waals surface area contributed by atoms with Crippen LogP contribution in [0.25, 0.3) is 0 Å². The Balaban J connectivity index is 2.23. The molecule has 0 radical (unpaired) electrons. The number of hydrogen-bond donors (Lipinski definition) is 3. The fraction of sp³-hybridized carbons (Fsp3) is 0.333. The topological polar surface area (TPSA) is 78.4 Å². The number of carbonyl (C=O) groups excluding carboxylic acids is 1. The molecule has 1 aliphatic heterocycles. The van der Waals surface area contributed by atoms with Crippen molar-refractivity contribution >= 4 is 17.6 Å². The van der Waals surface area contributed by atoms with E-state index in [1.807, 2.05) is 12.0 Å². The van der Waals surface area contributed by atoms with Crippen LogP contribution in [-0.4, -0.2) is 30.1 Å². The van der Waals surface area contributed by atoms with E-state index < -0.39 is 17.8 Å². The first kappa shape index (κ1) is 14.1. The highest BCUT2D eigenvalue weighted by molar-refractivity contribution is 6.03. The average Bonchev–Trinajstić information content (AvgIpc) is 2.47. The zero-order chi connectivity index (χ0) is 14.5. The third kappa shape index (κ3) is 3.16. The smallest absolute Gasteiger partial charge is 0.307 e. The molecule has 2 rings (SSSR count). The second-order valence-electron chi connectivity index (χ2n) is 4.77. The van der Waals surface area contributed by atoms with Gasteiger partial charge in [0.1, 0.15) is 0 Å². The van der Waals surface area contributed by atoms with Crippen LogP contribution in [0.3, 0.4) is 0 Å². The van der Waals surface area contributed by atoms with Gasteiger partial charge in [-0.05, 0) is 36.6 Å². The highest BCUT2D eigenvalue weighted by atomic mass is 16.4. The fourth-order valence-electron chi connectivity index (χ4n) is 2.52. The summed E-state index contributed by atoms with van der Waals surface area (Å²) in [6, 6.07) is 7.17. The quantitative estimate of drug-likeness (QED) is 0.718. The van der Waals surface area contributed by atoms with Crippen LogP contribution in [0.4, 0.5) is 5.69 Å². The van der Waals surface area contributed by atoms with Gasteiger partial charge in [0.05, 0.1) is 5.92 Å². The van der Waals surface area contributed by atoms with Gasteiger partial charge in [-0.15, -0.1) is 6.42 Å². The second-order valence-corrected chi connectivity index (χ2v) is 4.77. The minimum atomic E-state index is -0.783. The highest BCUT2D eigenvalue weighted by Gasteiger charge is 2.31. The monoisotopic (exact) mass is 272 g/mol. The van der Waals surface area contributed by atoms with Gasteiger partial charge in [-0.25, -0.2) is 0 Å². The van der Waals surface area contributed by atoms with E-state index in [2.05, 4.69) is 10.6 Å². The van der Waals surface area contributed by atoms with Gasteiger partial charge in [-0.2, -0.15) is 0 Å². The maximum atomic E-state index is 11.3. The SMILES string of the molecule is C#CC(=O)Nc1cccc(C2CNCCC2C(=O)O)c1. The summed E-state index contributed by atoms with van der Waals surface area (Å²) in [5.74, 6) is 0.170. The van der Waals surface area contributed by atoms with Crippen molar-refractivity contribution in [3.8, 4) is 12.3 Å². The van der Waals surface area contributed by atoms with Gasteiger partial charge in [0, 0.05) is 18.2 Å². The van der Waals surface area contributed by atoms with Gasteiger partial charge < -0.3 is 15.7 Å². The van der Waals surface area contributed by atoms with E-state index in [0.29, 0.717) is 25.2 Å². The van der Waals surface area contributed by atoms with Gasteiger partial charge in [0.25, 0.3) is 5.91 Å². The number of carbonyl (C=O) groups is 2. The van der Waals surface area contributed by atoms with E-state index in [4.69, 9.17) is 6.42 Å². The van der Waals surface area contributed by atoms with Crippen molar-refractivity contribution in [2.75, 3.05) is 18.4 Å². The lowest BCUT2D eigenvalue weighted by Crippen LogP contribution is -2.38. The van der Waals surface area contributed by atoms with Crippen LogP contribution in [0.1, 0.15) is 17.9 Å². The lowest BCUT2D eigenvalue weighted by Gasteiger charge is -2.29. The van der Waals surface area contributed by atoms with Crippen molar-refractivity contribution in [2.24, 2.45) is 5.92 Å². The van der Waals surface area contributed by atoms with Crippen LogP contribution in [0.5, 0.6) is 0 Å². The molecule has 1 heterocycles. The van der Waals surface area contributed by atoms with Crippen LogP contribution >= 0.6 is 0 Å². The van der Waals surface area contributed by atoms with E-state index >= 15 is 0 Å². The highest BCUT2D eigenvalue weighted by Crippen LogP contribution is 2.30. The number of aliphatic carboxylic acids is 1. The molecule has 20 heavy (non-hydrogen) atoms. The molecule has 1 saturated heterocycles. The molecule has 2 atom stereocenters. The number of benzene rings is 1. The summed E-state index contributed by atoms with van der Waals surface area (Å²) in [6.45, 7) is 1.32. The van der Waals surface area contributed by atoms with Crippen LogP contribution in [0, 0.1) is 18.3 Å². The lowest BCUT2D eigenvalue weighted by atomic mass is 9.81. The molecule has 0 bridgehead atoms. The molecule has 3 N–H and O–H groups in total. The Labute approximate surface area is 117 Å². The van der Waals surface area contributed by atoms with Crippen molar-refractivity contribution in [3.63, 3.8) is 0 Å². The van der Waals surface area contributed by atoms with Crippen molar-refractivity contribution in [1.29, 1.82) is 0 Å². The third-order valence-corrected chi connectivity index (χ3v) is 3.50. The molecule has 104 valence electrons.